The van der Waals surface area contributed by atoms with Crippen LogP contribution in [0.15, 0.2) is 34.3 Å². The SMILES string of the molecule is COCC/N=C/c1ccc(/C=N/CCOC(=O)NCCCCCCNC(=O)OC)cc1. The molecule has 0 unspecified atom stereocenters. The first-order valence-electron chi connectivity index (χ1n) is 10.5. The number of hydrogen-bond donors (Lipinski definition) is 2. The Kier molecular flexibility index (Phi) is 15.1. The molecule has 0 aliphatic heterocycles. The van der Waals surface area contributed by atoms with Crippen molar-refractivity contribution in [3.8, 4) is 0 Å². The molecule has 9 nitrogen and oxygen atoms in total. The quantitative estimate of drug-likeness (QED) is 0.326. The molecule has 172 valence electrons. The average Bonchev–Trinajstić information content (AvgIpc) is 2.79. The topological polar surface area (TPSA) is 111 Å². The molecule has 0 saturated carbocycles. The van der Waals surface area contributed by atoms with Crippen molar-refractivity contribution in [1.82, 2.24) is 10.6 Å². The van der Waals surface area contributed by atoms with E-state index in [1.54, 1.807) is 13.3 Å². The Hall–Kier alpha value is -2.94. The zero-order valence-electron chi connectivity index (χ0n) is 18.5. The van der Waals surface area contributed by atoms with Crippen LogP contribution < -0.4 is 10.6 Å². The third-order valence-electron chi connectivity index (χ3n) is 4.12. The monoisotopic (exact) mass is 434 g/mol. The van der Waals surface area contributed by atoms with E-state index in [9.17, 15) is 9.59 Å². The Morgan fingerprint density at radius 3 is 1.84 bits per heavy atom. The number of alkyl carbamates (subject to hydrolysis) is 2. The molecule has 0 aromatic heterocycles. The number of aliphatic imine (C=N–C) groups is 2. The van der Waals surface area contributed by atoms with Gasteiger partial charge in [0.15, 0.2) is 0 Å². The van der Waals surface area contributed by atoms with Gasteiger partial charge in [-0.3, -0.25) is 9.98 Å². The minimum absolute atomic E-state index is 0.228. The fourth-order valence-corrected chi connectivity index (χ4v) is 2.45. The van der Waals surface area contributed by atoms with Gasteiger partial charge in [0.1, 0.15) is 6.61 Å². The lowest BCUT2D eigenvalue weighted by Crippen LogP contribution is -2.26. The van der Waals surface area contributed by atoms with Crippen molar-refractivity contribution in [3.63, 3.8) is 0 Å². The highest BCUT2D eigenvalue weighted by atomic mass is 16.5. The van der Waals surface area contributed by atoms with Crippen LogP contribution in [0, 0.1) is 0 Å². The maximum atomic E-state index is 11.6. The smallest absolute Gasteiger partial charge is 0.407 e. The first-order valence-corrected chi connectivity index (χ1v) is 10.5. The van der Waals surface area contributed by atoms with Crippen molar-refractivity contribution in [2.75, 3.05) is 53.6 Å². The summed E-state index contributed by atoms with van der Waals surface area (Å²) in [6, 6.07) is 7.86. The van der Waals surface area contributed by atoms with E-state index in [4.69, 9.17) is 9.47 Å². The summed E-state index contributed by atoms with van der Waals surface area (Å²) in [5, 5.41) is 5.34. The summed E-state index contributed by atoms with van der Waals surface area (Å²) in [6.07, 6.45) is 6.39. The molecule has 0 fully saturated rings. The number of nitrogens with one attached hydrogen (secondary N) is 2. The Morgan fingerprint density at radius 2 is 1.32 bits per heavy atom. The van der Waals surface area contributed by atoms with E-state index in [1.807, 2.05) is 30.5 Å². The minimum Gasteiger partial charge on any atom is -0.453 e. The van der Waals surface area contributed by atoms with Gasteiger partial charge in [0.25, 0.3) is 0 Å². The Balaban J connectivity index is 2.04. The van der Waals surface area contributed by atoms with Gasteiger partial charge in [-0.2, -0.15) is 0 Å². The van der Waals surface area contributed by atoms with E-state index in [2.05, 4.69) is 25.4 Å². The molecular weight excluding hydrogens is 400 g/mol. The number of benzene rings is 1. The van der Waals surface area contributed by atoms with E-state index in [-0.39, 0.29) is 6.61 Å². The molecule has 31 heavy (non-hydrogen) atoms. The van der Waals surface area contributed by atoms with E-state index in [0.717, 1.165) is 36.8 Å². The average molecular weight is 435 g/mol. The zero-order valence-corrected chi connectivity index (χ0v) is 18.5. The molecule has 0 heterocycles. The Morgan fingerprint density at radius 1 is 0.806 bits per heavy atom. The van der Waals surface area contributed by atoms with E-state index in [1.165, 1.54) is 7.11 Å². The second-order valence-corrected chi connectivity index (χ2v) is 6.63. The van der Waals surface area contributed by atoms with Crippen LogP contribution in [-0.4, -0.2) is 78.2 Å². The number of methoxy groups -OCH3 is 2. The van der Waals surface area contributed by atoms with Gasteiger partial charge >= 0.3 is 12.2 Å². The maximum Gasteiger partial charge on any atom is 0.407 e. The molecular formula is C22H34N4O5. The molecule has 0 atom stereocenters. The Bertz CT molecular complexity index is 677. The third kappa shape index (κ3) is 14.6. The summed E-state index contributed by atoms with van der Waals surface area (Å²) < 4.78 is 14.5. The molecule has 2 N–H and O–H groups in total. The number of amides is 2. The highest BCUT2D eigenvalue weighted by molar-refractivity contribution is 5.84. The third-order valence-corrected chi connectivity index (χ3v) is 4.12. The standard InChI is InChI=1S/C22H34N4O5/c1-29-15-13-23-17-19-7-9-20(10-8-19)18-24-14-16-31-22(28)26-12-6-4-3-5-11-25-21(27)30-2/h7-10,17-18H,3-6,11-16H2,1-2H3,(H,25,27)(H,26,28)/b23-17+,24-18+. The second-order valence-electron chi connectivity index (χ2n) is 6.63. The van der Waals surface area contributed by atoms with Crippen LogP contribution in [0.25, 0.3) is 0 Å². The lowest BCUT2D eigenvalue weighted by Gasteiger charge is -2.06. The summed E-state index contributed by atoms with van der Waals surface area (Å²) in [5.74, 6) is 0. The first kappa shape index (κ1) is 26.1. The molecule has 1 aromatic carbocycles. The van der Waals surface area contributed by atoms with Gasteiger partial charge in [-0.05, 0) is 24.0 Å². The summed E-state index contributed by atoms with van der Waals surface area (Å²) >= 11 is 0. The fourth-order valence-electron chi connectivity index (χ4n) is 2.45. The predicted octanol–water partition coefficient (Wildman–Crippen LogP) is 2.81. The second kappa shape index (κ2) is 17.9. The maximum absolute atomic E-state index is 11.6. The van der Waals surface area contributed by atoms with Crippen molar-refractivity contribution in [2.45, 2.75) is 25.7 Å². The van der Waals surface area contributed by atoms with Crippen LogP contribution in [0.4, 0.5) is 9.59 Å². The molecule has 0 bridgehead atoms. The van der Waals surface area contributed by atoms with Gasteiger partial charge in [0.2, 0.25) is 0 Å². The van der Waals surface area contributed by atoms with Crippen LogP contribution in [0.3, 0.4) is 0 Å². The van der Waals surface area contributed by atoms with Crippen LogP contribution in [-0.2, 0) is 14.2 Å². The van der Waals surface area contributed by atoms with E-state index in [0.29, 0.717) is 32.8 Å². The van der Waals surface area contributed by atoms with Crippen molar-refractivity contribution < 1.29 is 23.8 Å². The molecule has 0 spiro atoms. The van der Waals surface area contributed by atoms with Crippen molar-refractivity contribution in [3.05, 3.63) is 35.4 Å². The highest BCUT2D eigenvalue weighted by Gasteiger charge is 2.00. The molecule has 0 radical (unpaired) electrons. The van der Waals surface area contributed by atoms with Gasteiger partial charge in [0, 0.05) is 32.6 Å². The number of nitrogens with zero attached hydrogens (tertiary/aromatic N) is 2. The molecule has 1 rings (SSSR count). The summed E-state index contributed by atoms with van der Waals surface area (Å²) in [6.45, 7) is 3.04. The number of hydrogen-bond acceptors (Lipinski definition) is 7. The summed E-state index contributed by atoms with van der Waals surface area (Å²) in [5.41, 5.74) is 1.99. The van der Waals surface area contributed by atoms with E-state index < -0.39 is 12.2 Å². The van der Waals surface area contributed by atoms with Crippen LogP contribution in [0.5, 0.6) is 0 Å². The van der Waals surface area contributed by atoms with Gasteiger partial charge < -0.3 is 24.8 Å². The lowest BCUT2D eigenvalue weighted by molar-refractivity contribution is 0.149. The van der Waals surface area contributed by atoms with Crippen LogP contribution >= 0.6 is 0 Å². The summed E-state index contributed by atoms with van der Waals surface area (Å²) in [7, 11) is 2.99. The molecule has 9 heteroatoms. The zero-order chi connectivity index (χ0) is 22.6. The molecule has 1 aromatic rings. The van der Waals surface area contributed by atoms with Crippen molar-refractivity contribution in [1.29, 1.82) is 0 Å². The van der Waals surface area contributed by atoms with Crippen LogP contribution in [0.1, 0.15) is 36.8 Å². The normalized spacial score (nSPS) is 11.0. The number of ether oxygens (including phenoxy) is 3. The van der Waals surface area contributed by atoms with Crippen molar-refractivity contribution in [2.24, 2.45) is 9.98 Å². The minimum atomic E-state index is -0.431. The van der Waals surface area contributed by atoms with Gasteiger partial charge in [0.05, 0.1) is 26.8 Å². The van der Waals surface area contributed by atoms with Gasteiger partial charge in [-0.1, -0.05) is 37.1 Å². The molecule has 0 aliphatic rings. The molecule has 2 amide bonds. The lowest BCUT2D eigenvalue weighted by atomic mass is 10.1. The number of unbranched alkanes of at least 4 members (excludes halogenated alkanes) is 3. The number of rotatable bonds is 15. The predicted molar refractivity (Wildman–Crippen MR) is 121 cm³/mol. The first-order chi connectivity index (χ1) is 15.2. The fraction of sp³-hybridized carbons (Fsp3) is 0.545. The van der Waals surface area contributed by atoms with E-state index >= 15 is 0 Å². The van der Waals surface area contributed by atoms with Gasteiger partial charge in [-0.15, -0.1) is 0 Å². The highest BCUT2D eigenvalue weighted by Crippen LogP contribution is 2.01. The molecule has 0 saturated heterocycles. The van der Waals surface area contributed by atoms with Crippen molar-refractivity contribution >= 4 is 24.6 Å². The number of carbonyl (C=O) groups is 2. The largest absolute Gasteiger partial charge is 0.453 e. The number of carbonyl (C=O) groups excluding carboxylic acids is 2. The van der Waals surface area contributed by atoms with Gasteiger partial charge in [-0.25, -0.2) is 9.59 Å². The Labute approximate surface area is 184 Å². The molecule has 0 aliphatic carbocycles. The van der Waals surface area contributed by atoms with Crippen LogP contribution in [0.2, 0.25) is 0 Å². The summed E-state index contributed by atoms with van der Waals surface area (Å²) in [4.78, 5) is 31.0.